The van der Waals surface area contributed by atoms with Crippen LogP contribution >= 0.6 is 39.1 Å². The van der Waals surface area contributed by atoms with Crippen LogP contribution in [0.15, 0.2) is 36.4 Å². The first-order valence-electron chi connectivity index (χ1n) is 6.96. The Morgan fingerprint density at radius 2 is 1.70 bits per heavy atom. The second-order valence-corrected chi connectivity index (χ2v) is 6.21. The van der Waals surface area contributed by atoms with Crippen molar-refractivity contribution in [2.45, 2.75) is 34.2 Å². The molecule has 0 atom stereocenters. The van der Waals surface area contributed by atoms with Gasteiger partial charge in [0.2, 0.25) is 0 Å². The van der Waals surface area contributed by atoms with E-state index in [0.29, 0.717) is 33.0 Å². The van der Waals surface area contributed by atoms with E-state index < -0.39 is 0 Å². The Balaban J connectivity index is 0. The fraction of sp³-hybridized carbons (Fsp3) is 0.300. The maximum atomic E-state index is 11.2. The van der Waals surface area contributed by atoms with Crippen LogP contribution in [-0.2, 0) is 16.6 Å². The van der Waals surface area contributed by atoms with Crippen LogP contribution in [0.3, 0.4) is 0 Å². The van der Waals surface area contributed by atoms with Crippen LogP contribution in [0.2, 0.25) is 10.0 Å². The Bertz CT molecular complexity index is 782. The molecule has 2 aromatic carbocycles. The van der Waals surface area contributed by atoms with Gasteiger partial charge in [-0.1, -0.05) is 73.5 Å². The van der Waals surface area contributed by atoms with Crippen LogP contribution in [0.1, 0.15) is 54.1 Å². The number of rotatable bonds is 2. The summed E-state index contributed by atoms with van der Waals surface area (Å²) >= 11 is 15.0. The van der Waals surface area contributed by atoms with Gasteiger partial charge in [-0.2, -0.15) is 0 Å². The lowest BCUT2D eigenvalue weighted by molar-refractivity contribution is 0.0599. The molecule has 1 N–H and O–H groups in total. The number of hydrogen-bond acceptors (Lipinski definition) is 3. The zero-order chi connectivity index (χ0) is 17.7. The molecule has 0 spiro atoms. The van der Waals surface area contributed by atoms with E-state index in [4.69, 9.17) is 23.2 Å². The average Bonchev–Trinajstić information content (AvgIpc) is 2.97. The first kappa shape index (κ1) is 27.7. The Morgan fingerprint density at radius 3 is 2.26 bits per heavy atom. The maximum Gasteiger partial charge on any atom is 0.338 e. The van der Waals surface area contributed by atoms with Gasteiger partial charge in [-0.25, -0.2) is 4.79 Å². The van der Waals surface area contributed by atoms with Crippen LogP contribution in [0, 0.1) is 0 Å². The largest absolute Gasteiger partial charge is 0.465 e. The fourth-order valence-electron chi connectivity index (χ4n) is 2.21. The maximum absolute atomic E-state index is 11.2. The average molecular weight is 479 g/mol. The van der Waals surface area contributed by atoms with Crippen LogP contribution in [-0.4, -0.2) is 19.0 Å². The third-order valence-corrected chi connectivity index (χ3v) is 4.72. The molecular weight excluding hydrogens is 453 g/mol. The number of hydrogen-bond donors (Lipinski definition) is 1. The predicted molar refractivity (Wildman–Crippen MR) is 118 cm³/mol. The summed E-state index contributed by atoms with van der Waals surface area (Å²) in [5, 5.41) is 4.48. The van der Waals surface area contributed by atoms with Gasteiger partial charge in [0.25, 0.3) is 5.91 Å². The summed E-state index contributed by atoms with van der Waals surface area (Å²) in [6.45, 7) is 0.563. The number of fused-ring (bicyclic) bond motifs is 1. The van der Waals surface area contributed by atoms with E-state index in [1.165, 1.54) is 7.11 Å². The molecule has 1 aliphatic heterocycles. The summed E-state index contributed by atoms with van der Waals surface area (Å²) in [6.07, 6.45) is 0. The number of nitrogens with one attached hydrogen (secondary N) is 1. The van der Waals surface area contributed by atoms with Crippen LogP contribution in [0.5, 0.6) is 0 Å². The number of ether oxygens (including phenoxy) is 1. The van der Waals surface area contributed by atoms with Gasteiger partial charge in [0.1, 0.15) is 0 Å². The standard InChI is InChI=1S/C9H8BrClO2.C8H6ClNO.3CH4/c1-13-9(12)6-3-2-4-8(11)7(6)5-10;9-7-3-1-2-5-6(7)4-10-8(5)11;;;/h2-4H,5H2,1H3;1-3H,4H2,(H,10,11);3*1H4. The van der Waals surface area contributed by atoms with Crippen molar-refractivity contribution in [1.82, 2.24) is 5.32 Å². The minimum atomic E-state index is -0.364. The van der Waals surface area contributed by atoms with Crippen molar-refractivity contribution in [3.63, 3.8) is 0 Å². The number of halogens is 3. The Labute approximate surface area is 180 Å². The smallest absolute Gasteiger partial charge is 0.338 e. The molecule has 0 bridgehead atoms. The monoisotopic (exact) mass is 477 g/mol. The van der Waals surface area contributed by atoms with E-state index >= 15 is 0 Å². The zero-order valence-corrected chi connectivity index (χ0v) is 15.8. The predicted octanol–water partition coefficient (Wildman–Crippen LogP) is 6.51. The first-order chi connectivity index (χ1) is 11.5. The summed E-state index contributed by atoms with van der Waals surface area (Å²) in [6, 6.07) is 10.5. The molecule has 0 saturated heterocycles. The van der Waals surface area contributed by atoms with Crippen molar-refractivity contribution in [2.24, 2.45) is 0 Å². The van der Waals surface area contributed by atoms with E-state index in [1.807, 2.05) is 0 Å². The molecule has 1 aliphatic rings. The van der Waals surface area contributed by atoms with Gasteiger partial charge in [-0.3, -0.25) is 4.79 Å². The van der Waals surface area contributed by atoms with E-state index in [0.717, 1.165) is 11.1 Å². The lowest BCUT2D eigenvalue weighted by Gasteiger charge is -2.06. The van der Waals surface area contributed by atoms with E-state index in [1.54, 1.807) is 36.4 Å². The lowest BCUT2D eigenvalue weighted by Crippen LogP contribution is -2.12. The van der Waals surface area contributed by atoms with Crippen molar-refractivity contribution in [3.05, 3.63) is 68.7 Å². The quantitative estimate of drug-likeness (QED) is 0.395. The Hall–Kier alpha value is -1.56. The molecule has 0 fully saturated rings. The minimum absolute atomic E-state index is 0. The molecule has 2 aromatic rings. The molecule has 0 radical (unpaired) electrons. The van der Waals surface area contributed by atoms with Gasteiger partial charge in [-0.05, 0) is 29.8 Å². The van der Waals surface area contributed by atoms with Crippen LogP contribution in [0.25, 0.3) is 0 Å². The number of carbonyl (C=O) groups is 2. The minimum Gasteiger partial charge on any atom is -0.465 e. The lowest BCUT2D eigenvalue weighted by atomic mass is 10.1. The molecule has 3 rings (SSSR count). The van der Waals surface area contributed by atoms with Gasteiger partial charge < -0.3 is 10.1 Å². The zero-order valence-electron chi connectivity index (χ0n) is 12.7. The summed E-state index contributed by atoms with van der Waals surface area (Å²) in [5.74, 6) is -0.389. The van der Waals surface area contributed by atoms with Gasteiger partial charge >= 0.3 is 5.97 Å². The molecule has 150 valence electrons. The number of methoxy groups -OCH3 is 1. The molecule has 0 unspecified atom stereocenters. The summed E-state index contributed by atoms with van der Waals surface area (Å²) in [7, 11) is 1.35. The molecule has 0 saturated carbocycles. The van der Waals surface area contributed by atoms with Crippen molar-refractivity contribution in [1.29, 1.82) is 0 Å². The highest BCUT2D eigenvalue weighted by atomic mass is 79.9. The number of carbonyl (C=O) groups excluding carboxylic acids is 2. The van der Waals surface area contributed by atoms with E-state index in [-0.39, 0.29) is 34.2 Å². The Kier molecular flexibility index (Phi) is 13.1. The van der Waals surface area contributed by atoms with Gasteiger partial charge in [0.05, 0.1) is 12.7 Å². The molecular formula is C20H26BrCl2NO3. The number of esters is 1. The van der Waals surface area contributed by atoms with Crippen molar-refractivity contribution >= 4 is 51.0 Å². The van der Waals surface area contributed by atoms with Gasteiger partial charge in [0, 0.05) is 33.0 Å². The first-order valence-corrected chi connectivity index (χ1v) is 8.84. The third kappa shape index (κ3) is 6.52. The summed E-state index contributed by atoms with van der Waals surface area (Å²) in [5.41, 5.74) is 2.89. The highest BCUT2D eigenvalue weighted by Gasteiger charge is 2.19. The normalized spacial score (nSPS) is 10.6. The Morgan fingerprint density at radius 1 is 1.11 bits per heavy atom. The van der Waals surface area contributed by atoms with Crippen LogP contribution in [0.4, 0.5) is 0 Å². The third-order valence-electron chi connectivity index (χ3n) is 3.45. The number of amides is 1. The highest BCUT2D eigenvalue weighted by molar-refractivity contribution is 9.08. The second-order valence-electron chi connectivity index (χ2n) is 4.84. The highest BCUT2D eigenvalue weighted by Crippen LogP contribution is 2.24. The van der Waals surface area contributed by atoms with Crippen molar-refractivity contribution in [2.75, 3.05) is 7.11 Å². The van der Waals surface area contributed by atoms with Crippen molar-refractivity contribution < 1.29 is 14.3 Å². The van der Waals surface area contributed by atoms with Gasteiger partial charge in [0.15, 0.2) is 0 Å². The summed E-state index contributed by atoms with van der Waals surface area (Å²) < 4.78 is 4.62. The SMILES string of the molecule is C.C.C.COC(=O)c1cccc(Cl)c1CBr.O=C1NCc2c(Cl)cccc21. The molecule has 1 amide bonds. The van der Waals surface area contributed by atoms with Gasteiger partial charge in [-0.15, -0.1) is 0 Å². The molecule has 27 heavy (non-hydrogen) atoms. The summed E-state index contributed by atoms with van der Waals surface area (Å²) in [4.78, 5) is 22.3. The molecule has 4 nitrogen and oxygen atoms in total. The molecule has 0 aliphatic carbocycles. The van der Waals surface area contributed by atoms with E-state index in [9.17, 15) is 9.59 Å². The van der Waals surface area contributed by atoms with Crippen LogP contribution < -0.4 is 5.32 Å². The van der Waals surface area contributed by atoms with E-state index in [2.05, 4.69) is 26.0 Å². The molecule has 1 heterocycles. The number of benzene rings is 2. The fourth-order valence-corrected chi connectivity index (χ4v) is 3.46. The topological polar surface area (TPSA) is 55.4 Å². The van der Waals surface area contributed by atoms with Crippen molar-refractivity contribution in [3.8, 4) is 0 Å². The number of alkyl halides is 1. The molecule has 0 aromatic heterocycles. The molecule has 7 heteroatoms. The second kappa shape index (κ2) is 12.8.